The minimum Gasteiger partial charge on any atom is -0.323 e. The van der Waals surface area contributed by atoms with Crippen molar-refractivity contribution in [3.8, 4) is 11.4 Å². The number of benzene rings is 5. The molecule has 5 aromatic carbocycles. The Hall–Kier alpha value is -4.16. The first-order valence-electron chi connectivity index (χ1n) is 15.6. The van der Waals surface area contributed by atoms with Crippen molar-refractivity contribution in [3.05, 3.63) is 156 Å². The van der Waals surface area contributed by atoms with Crippen LogP contribution in [0.3, 0.4) is 0 Å². The fraction of sp³-hybridized carbons (Fsp3) is 0.205. The summed E-state index contributed by atoms with van der Waals surface area (Å²) in [6.45, 7) is 6.04. The Morgan fingerprint density at radius 2 is 1.23 bits per heavy atom. The molecule has 220 valence electrons. The van der Waals surface area contributed by atoms with Gasteiger partial charge in [0.1, 0.15) is 5.82 Å². The molecule has 1 aliphatic rings. The maximum atomic E-state index is 5.19. The van der Waals surface area contributed by atoms with Gasteiger partial charge in [-0.3, -0.25) is 9.80 Å². The molecule has 0 aliphatic carbocycles. The van der Waals surface area contributed by atoms with E-state index in [0.29, 0.717) is 0 Å². The summed E-state index contributed by atoms with van der Waals surface area (Å²) in [5, 5.41) is 0. The predicted molar refractivity (Wildman–Crippen MR) is 184 cm³/mol. The van der Waals surface area contributed by atoms with Crippen molar-refractivity contribution in [2.24, 2.45) is 0 Å². The molecule has 1 saturated heterocycles. The van der Waals surface area contributed by atoms with E-state index >= 15 is 0 Å². The molecule has 1 aromatic heterocycles. The molecule has 5 heteroatoms. The zero-order chi connectivity index (χ0) is 29.6. The van der Waals surface area contributed by atoms with Crippen LogP contribution in [-0.4, -0.2) is 51.3 Å². The first-order chi connectivity index (χ1) is 21.8. The molecule has 44 heavy (non-hydrogen) atoms. The highest BCUT2D eigenvalue weighted by molar-refractivity contribution is 7.99. The standard InChI is InChI=1S/C39H38N4S/c1-5-13-32(14-6-1)38(33-15-7-2-8-16-33)42-25-23-41(24-26-42)30-31-21-22-37-36(29-31)40-39(34-17-9-3-10-18-34)43(37)27-28-44-35-19-11-4-12-20-35/h1-22,29,38H,23-28,30H2. The van der Waals surface area contributed by atoms with E-state index in [4.69, 9.17) is 4.98 Å². The van der Waals surface area contributed by atoms with Crippen LogP contribution in [0.4, 0.5) is 0 Å². The summed E-state index contributed by atoms with van der Waals surface area (Å²) in [4.78, 5) is 11.7. The molecule has 0 bridgehead atoms. The molecule has 0 saturated carbocycles. The van der Waals surface area contributed by atoms with Gasteiger partial charge in [0.05, 0.1) is 17.1 Å². The van der Waals surface area contributed by atoms with E-state index in [1.54, 1.807) is 0 Å². The number of aryl methyl sites for hydroxylation is 1. The van der Waals surface area contributed by atoms with Crippen LogP contribution in [0.1, 0.15) is 22.7 Å². The minimum atomic E-state index is 0.288. The molecule has 1 fully saturated rings. The average Bonchev–Trinajstić information content (AvgIpc) is 3.45. The number of rotatable bonds is 10. The monoisotopic (exact) mass is 594 g/mol. The highest BCUT2D eigenvalue weighted by Gasteiger charge is 2.26. The van der Waals surface area contributed by atoms with Crippen molar-refractivity contribution in [2.75, 3.05) is 31.9 Å². The topological polar surface area (TPSA) is 24.3 Å². The van der Waals surface area contributed by atoms with E-state index in [2.05, 4.69) is 154 Å². The van der Waals surface area contributed by atoms with Gasteiger partial charge >= 0.3 is 0 Å². The molecule has 0 amide bonds. The second-order valence-corrected chi connectivity index (χ2v) is 12.6. The Morgan fingerprint density at radius 1 is 0.636 bits per heavy atom. The van der Waals surface area contributed by atoms with E-state index in [-0.39, 0.29) is 6.04 Å². The summed E-state index contributed by atoms with van der Waals surface area (Å²) in [6.07, 6.45) is 0. The first-order valence-corrected chi connectivity index (χ1v) is 16.6. The van der Waals surface area contributed by atoms with Gasteiger partial charge in [-0.15, -0.1) is 11.8 Å². The predicted octanol–water partition coefficient (Wildman–Crippen LogP) is 8.40. The van der Waals surface area contributed by atoms with E-state index in [1.165, 1.54) is 27.1 Å². The maximum Gasteiger partial charge on any atom is 0.141 e. The molecule has 0 unspecified atom stereocenters. The molecule has 4 nitrogen and oxygen atoms in total. The average molecular weight is 595 g/mol. The number of fused-ring (bicyclic) bond motifs is 1. The summed E-state index contributed by atoms with van der Waals surface area (Å²) in [5.41, 5.74) is 7.51. The van der Waals surface area contributed by atoms with Gasteiger partial charge in [0.2, 0.25) is 0 Å². The van der Waals surface area contributed by atoms with Gasteiger partial charge in [-0.1, -0.05) is 115 Å². The van der Waals surface area contributed by atoms with Crippen LogP contribution in [-0.2, 0) is 13.1 Å². The van der Waals surface area contributed by atoms with Crippen LogP contribution < -0.4 is 0 Å². The molecular weight excluding hydrogens is 557 g/mol. The summed E-state index contributed by atoms with van der Waals surface area (Å²) in [5.74, 6) is 2.04. The third-order valence-electron chi connectivity index (χ3n) is 8.58. The Bertz CT molecular complexity index is 1720. The summed E-state index contributed by atoms with van der Waals surface area (Å²) in [6, 6.07) is 50.4. The lowest BCUT2D eigenvalue weighted by Gasteiger charge is -2.39. The second kappa shape index (κ2) is 13.6. The third-order valence-corrected chi connectivity index (χ3v) is 9.57. The van der Waals surface area contributed by atoms with E-state index in [1.807, 2.05) is 11.8 Å². The van der Waals surface area contributed by atoms with Crippen LogP contribution in [0, 0.1) is 0 Å². The van der Waals surface area contributed by atoms with Crippen LogP contribution in [0.5, 0.6) is 0 Å². The van der Waals surface area contributed by atoms with Crippen molar-refractivity contribution < 1.29 is 0 Å². The molecule has 2 heterocycles. The number of thioether (sulfide) groups is 1. The Labute approximate surface area is 265 Å². The van der Waals surface area contributed by atoms with Crippen molar-refractivity contribution in [2.45, 2.75) is 24.0 Å². The lowest BCUT2D eigenvalue weighted by Crippen LogP contribution is -2.47. The fourth-order valence-corrected chi connectivity index (χ4v) is 7.26. The smallest absolute Gasteiger partial charge is 0.141 e. The molecule has 0 radical (unpaired) electrons. The molecule has 1 aliphatic heterocycles. The zero-order valence-electron chi connectivity index (χ0n) is 25.0. The second-order valence-electron chi connectivity index (χ2n) is 11.5. The van der Waals surface area contributed by atoms with Crippen LogP contribution >= 0.6 is 11.8 Å². The minimum absolute atomic E-state index is 0.288. The zero-order valence-corrected chi connectivity index (χ0v) is 25.8. The van der Waals surface area contributed by atoms with Crippen LogP contribution in [0.2, 0.25) is 0 Å². The quantitative estimate of drug-likeness (QED) is 0.149. The Kier molecular flexibility index (Phi) is 8.87. The van der Waals surface area contributed by atoms with Crippen molar-refractivity contribution >= 4 is 22.8 Å². The summed E-state index contributed by atoms with van der Waals surface area (Å²) >= 11 is 1.90. The van der Waals surface area contributed by atoms with Gasteiger partial charge in [0, 0.05) is 55.5 Å². The van der Waals surface area contributed by atoms with Gasteiger partial charge < -0.3 is 4.57 Å². The normalized spacial score (nSPS) is 14.4. The van der Waals surface area contributed by atoms with Crippen molar-refractivity contribution in [3.63, 3.8) is 0 Å². The third kappa shape index (κ3) is 6.51. The number of imidazole rings is 1. The summed E-state index contributed by atoms with van der Waals surface area (Å²) < 4.78 is 2.40. The molecule has 7 rings (SSSR count). The van der Waals surface area contributed by atoms with Crippen molar-refractivity contribution in [1.29, 1.82) is 0 Å². The van der Waals surface area contributed by atoms with E-state index in [9.17, 15) is 0 Å². The molecule has 0 spiro atoms. The number of hydrogen-bond donors (Lipinski definition) is 0. The Morgan fingerprint density at radius 3 is 1.86 bits per heavy atom. The first kappa shape index (κ1) is 28.6. The van der Waals surface area contributed by atoms with Crippen LogP contribution in [0.15, 0.2) is 144 Å². The number of piperazine rings is 1. The largest absolute Gasteiger partial charge is 0.323 e. The van der Waals surface area contributed by atoms with Gasteiger partial charge in [-0.2, -0.15) is 0 Å². The molecule has 0 atom stereocenters. The molecular formula is C39H38N4S. The highest BCUT2D eigenvalue weighted by atomic mass is 32.2. The fourth-order valence-electron chi connectivity index (χ4n) is 6.40. The van der Waals surface area contributed by atoms with Gasteiger partial charge in [-0.25, -0.2) is 4.98 Å². The van der Waals surface area contributed by atoms with Crippen molar-refractivity contribution in [1.82, 2.24) is 19.4 Å². The highest BCUT2D eigenvalue weighted by Crippen LogP contribution is 2.31. The number of nitrogens with zero attached hydrogens (tertiary/aromatic N) is 4. The van der Waals surface area contributed by atoms with Gasteiger partial charge in [0.15, 0.2) is 0 Å². The summed E-state index contributed by atoms with van der Waals surface area (Å²) in [7, 11) is 0. The Balaban J connectivity index is 1.07. The maximum absolute atomic E-state index is 5.19. The van der Waals surface area contributed by atoms with E-state index in [0.717, 1.165) is 61.9 Å². The van der Waals surface area contributed by atoms with Crippen LogP contribution in [0.25, 0.3) is 22.4 Å². The lowest BCUT2D eigenvalue weighted by molar-refractivity contribution is 0.105. The number of aromatic nitrogens is 2. The molecule has 0 N–H and O–H groups in total. The SMILES string of the molecule is c1ccc(SCCn2c(-c3ccccc3)nc3cc(CN4CCN(C(c5ccccc5)c5ccccc5)CC4)ccc32)cc1. The van der Waals surface area contributed by atoms with Gasteiger partial charge in [0.25, 0.3) is 0 Å². The molecule has 6 aromatic rings. The van der Waals surface area contributed by atoms with E-state index < -0.39 is 0 Å². The lowest BCUT2D eigenvalue weighted by atomic mass is 9.96. The van der Waals surface area contributed by atoms with Gasteiger partial charge in [-0.05, 0) is 41.0 Å². The number of hydrogen-bond acceptors (Lipinski definition) is 4.